The topological polar surface area (TPSA) is 91.8 Å². The van der Waals surface area contributed by atoms with Gasteiger partial charge in [-0.3, -0.25) is 14.6 Å². The number of nitrogens with one attached hydrogen (secondary N) is 1. The van der Waals surface area contributed by atoms with Gasteiger partial charge in [0.05, 0.1) is 25.5 Å². The van der Waals surface area contributed by atoms with Gasteiger partial charge in [0, 0.05) is 32.1 Å². The van der Waals surface area contributed by atoms with Crippen LogP contribution in [0.25, 0.3) is 0 Å². The fraction of sp³-hybridized carbons (Fsp3) is 0.632. The number of carbonyl (C=O) groups is 2. The Balaban J connectivity index is 1.68. The molecule has 26 heavy (non-hydrogen) atoms. The van der Waals surface area contributed by atoms with Crippen LogP contribution in [0.4, 0.5) is 0 Å². The first-order valence-corrected chi connectivity index (χ1v) is 9.20. The first-order valence-electron chi connectivity index (χ1n) is 9.20. The van der Waals surface area contributed by atoms with E-state index in [4.69, 9.17) is 4.74 Å². The number of aliphatic hydroxyl groups is 1. The van der Waals surface area contributed by atoms with Gasteiger partial charge in [-0.2, -0.15) is 0 Å². The van der Waals surface area contributed by atoms with Crippen molar-refractivity contribution in [2.75, 3.05) is 20.2 Å². The Morgan fingerprint density at radius 2 is 2.00 bits per heavy atom. The van der Waals surface area contributed by atoms with E-state index in [-0.39, 0.29) is 35.8 Å². The molecule has 2 N–H and O–H groups in total. The molecule has 0 aromatic carbocycles. The second-order valence-electron chi connectivity index (χ2n) is 7.31. The molecule has 1 aliphatic carbocycles. The summed E-state index contributed by atoms with van der Waals surface area (Å²) in [7, 11) is 1.59. The smallest absolute Gasteiger partial charge is 0.223 e. The van der Waals surface area contributed by atoms with Crippen LogP contribution in [0.3, 0.4) is 0 Å². The van der Waals surface area contributed by atoms with E-state index in [1.807, 2.05) is 6.07 Å². The quantitative estimate of drug-likeness (QED) is 0.824. The summed E-state index contributed by atoms with van der Waals surface area (Å²) in [6, 6.07) is 1.71. The zero-order valence-electron chi connectivity index (χ0n) is 15.4. The zero-order chi connectivity index (χ0) is 18.7. The molecule has 1 aromatic rings. The first-order chi connectivity index (χ1) is 12.5. The number of hydrogen-bond donors (Lipinski definition) is 2. The first kappa shape index (κ1) is 18.6. The second-order valence-corrected chi connectivity index (χ2v) is 7.31. The highest BCUT2D eigenvalue weighted by Crippen LogP contribution is 2.39. The van der Waals surface area contributed by atoms with Crippen molar-refractivity contribution in [1.29, 1.82) is 0 Å². The molecule has 1 aliphatic heterocycles. The second kappa shape index (κ2) is 8.03. The van der Waals surface area contributed by atoms with Crippen molar-refractivity contribution in [2.45, 2.75) is 44.8 Å². The fourth-order valence-electron chi connectivity index (χ4n) is 3.82. The van der Waals surface area contributed by atoms with Gasteiger partial charge < -0.3 is 20.1 Å². The molecule has 1 aromatic heterocycles. The highest BCUT2D eigenvalue weighted by atomic mass is 16.5. The monoisotopic (exact) mass is 361 g/mol. The molecule has 2 heterocycles. The Kier molecular flexibility index (Phi) is 5.76. The number of hydrogen-bond acceptors (Lipinski definition) is 5. The molecule has 1 atom stereocenters. The molecule has 2 fully saturated rings. The summed E-state index contributed by atoms with van der Waals surface area (Å²) in [6.07, 6.45) is 5.79. The van der Waals surface area contributed by atoms with Crippen molar-refractivity contribution in [2.24, 2.45) is 11.8 Å². The Morgan fingerprint density at radius 1 is 1.31 bits per heavy atom. The molecule has 3 rings (SSSR count). The standard InChI is InChI=1S/C19H27N3O4/c1-12(23)22-5-3-13(4-6-22)19(25)21-18(14-7-16(24)8-14)15-9-17(26-2)11-20-10-15/h9-11,13-14,16,18,24H,3-8H2,1-2H3,(H,21,25). The summed E-state index contributed by atoms with van der Waals surface area (Å²) in [4.78, 5) is 30.2. The number of ether oxygens (including phenoxy) is 1. The summed E-state index contributed by atoms with van der Waals surface area (Å²) in [5.74, 6) is 0.836. The van der Waals surface area contributed by atoms with Gasteiger partial charge in [-0.1, -0.05) is 0 Å². The Labute approximate surface area is 153 Å². The van der Waals surface area contributed by atoms with Gasteiger partial charge in [0.1, 0.15) is 5.75 Å². The van der Waals surface area contributed by atoms with Crippen molar-refractivity contribution >= 4 is 11.8 Å². The highest BCUT2D eigenvalue weighted by molar-refractivity contribution is 5.80. The van der Waals surface area contributed by atoms with Crippen LogP contribution in [0.5, 0.6) is 5.75 Å². The van der Waals surface area contributed by atoms with Crippen LogP contribution < -0.4 is 10.1 Å². The van der Waals surface area contributed by atoms with Gasteiger partial charge in [-0.15, -0.1) is 0 Å². The lowest BCUT2D eigenvalue weighted by Crippen LogP contribution is -2.46. The molecule has 0 bridgehead atoms. The summed E-state index contributed by atoms with van der Waals surface area (Å²) in [5, 5.41) is 12.9. The molecule has 1 saturated heterocycles. The lowest BCUT2D eigenvalue weighted by Gasteiger charge is -2.39. The maximum Gasteiger partial charge on any atom is 0.223 e. The minimum atomic E-state index is -0.295. The van der Waals surface area contributed by atoms with Crippen molar-refractivity contribution < 1.29 is 19.4 Å². The minimum Gasteiger partial charge on any atom is -0.495 e. The van der Waals surface area contributed by atoms with Crippen LogP contribution in [0.15, 0.2) is 18.5 Å². The van der Waals surface area contributed by atoms with Gasteiger partial charge in [0.25, 0.3) is 0 Å². The van der Waals surface area contributed by atoms with Crippen molar-refractivity contribution in [3.63, 3.8) is 0 Å². The van der Waals surface area contributed by atoms with E-state index in [1.54, 1.807) is 31.3 Å². The molecule has 2 aliphatic rings. The van der Waals surface area contributed by atoms with E-state index in [0.29, 0.717) is 44.5 Å². The number of aromatic nitrogens is 1. The third-order valence-electron chi connectivity index (χ3n) is 5.56. The predicted octanol–water partition coefficient (Wildman–Crippen LogP) is 1.28. The van der Waals surface area contributed by atoms with Gasteiger partial charge >= 0.3 is 0 Å². The Bertz CT molecular complexity index is 652. The van der Waals surface area contributed by atoms with E-state index in [1.165, 1.54) is 0 Å². The summed E-state index contributed by atoms with van der Waals surface area (Å²) < 4.78 is 5.25. The molecule has 7 nitrogen and oxygen atoms in total. The van der Waals surface area contributed by atoms with Crippen LogP contribution in [0.2, 0.25) is 0 Å². The van der Waals surface area contributed by atoms with Crippen molar-refractivity contribution in [1.82, 2.24) is 15.2 Å². The molecule has 0 radical (unpaired) electrons. The fourth-order valence-corrected chi connectivity index (χ4v) is 3.82. The molecule has 1 saturated carbocycles. The molecule has 7 heteroatoms. The lowest BCUT2D eigenvalue weighted by molar-refractivity contribution is -0.134. The van der Waals surface area contributed by atoms with Crippen LogP contribution in [-0.4, -0.2) is 53.1 Å². The third kappa shape index (κ3) is 4.15. The average molecular weight is 361 g/mol. The zero-order valence-corrected chi connectivity index (χ0v) is 15.4. The van der Waals surface area contributed by atoms with Crippen LogP contribution >= 0.6 is 0 Å². The maximum absolute atomic E-state index is 12.8. The van der Waals surface area contributed by atoms with E-state index in [9.17, 15) is 14.7 Å². The number of carbonyl (C=O) groups excluding carboxylic acids is 2. The van der Waals surface area contributed by atoms with Crippen molar-refractivity contribution in [3.8, 4) is 5.75 Å². The normalized spacial score (nSPS) is 24.5. The highest BCUT2D eigenvalue weighted by Gasteiger charge is 2.37. The average Bonchev–Trinajstić information content (AvgIpc) is 2.63. The summed E-state index contributed by atoms with van der Waals surface area (Å²) >= 11 is 0. The SMILES string of the molecule is COc1cncc(C(NC(=O)C2CCN(C(C)=O)CC2)C2CC(O)C2)c1. The number of aliphatic hydroxyl groups excluding tert-OH is 1. The lowest BCUT2D eigenvalue weighted by atomic mass is 9.75. The molecule has 2 amide bonds. The van der Waals surface area contributed by atoms with Crippen molar-refractivity contribution in [3.05, 3.63) is 24.0 Å². The van der Waals surface area contributed by atoms with Crippen LogP contribution in [0.1, 0.15) is 44.2 Å². The number of pyridine rings is 1. The molecule has 142 valence electrons. The number of methoxy groups -OCH3 is 1. The van der Waals surface area contributed by atoms with E-state index < -0.39 is 0 Å². The maximum atomic E-state index is 12.8. The molecular formula is C19H27N3O4. The molecule has 0 spiro atoms. The van der Waals surface area contributed by atoms with E-state index in [0.717, 1.165) is 5.56 Å². The Hall–Kier alpha value is -2.15. The minimum absolute atomic E-state index is 0.0161. The van der Waals surface area contributed by atoms with E-state index in [2.05, 4.69) is 10.3 Å². The largest absolute Gasteiger partial charge is 0.495 e. The van der Waals surface area contributed by atoms with E-state index >= 15 is 0 Å². The molecule has 1 unspecified atom stereocenters. The number of likely N-dealkylation sites (tertiary alicyclic amines) is 1. The summed E-state index contributed by atoms with van der Waals surface area (Å²) in [6.45, 7) is 2.82. The number of nitrogens with zero attached hydrogens (tertiary/aromatic N) is 2. The number of piperidine rings is 1. The Morgan fingerprint density at radius 3 is 2.58 bits per heavy atom. The van der Waals surface area contributed by atoms with Crippen LogP contribution in [-0.2, 0) is 9.59 Å². The van der Waals surface area contributed by atoms with Gasteiger partial charge in [0.15, 0.2) is 0 Å². The van der Waals surface area contributed by atoms with Gasteiger partial charge in [0.2, 0.25) is 11.8 Å². The molecular weight excluding hydrogens is 334 g/mol. The van der Waals surface area contributed by atoms with Gasteiger partial charge in [-0.25, -0.2) is 0 Å². The summed E-state index contributed by atoms with van der Waals surface area (Å²) in [5.41, 5.74) is 0.899. The number of amides is 2. The van der Waals surface area contributed by atoms with Gasteiger partial charge in [-0.05, 0) is 43.2 Å². The predicted molar refractivity (Wildman–Crippen MR) is 95.4 cm³/mol. The third-order valence-corrected chi connectivity index (χ3v) is 5.56. The van der Waals surface area contributed by atoms with Crippen LogP contribution in [0, 0.1) is 11.8 Å². The number of rotatable bonds is 5.